The third-order valence-corrected chi connectivity index (χ3v) is 8.21. The number of rotatable bonds is 10. The standard InChI is InChI=1S/C31H37N3O5/c1-20(2)14-17-34-26(28(36)33-18-21-8-6-5-7-9-21)31-16-15-30(3,39-31)24(25(31)29(34)37)27(35)32-19-22-10-12-23(38-4)13-11-22/h5-13,15-16,20,24-26H,14,17-19H2,1-4H3,(H,32,35)(H,33,36)/t24-,25+,26+,30+,31+/m0/s1. The van der Waals surface area contributed by atoms with Gasteiger partial charge in [0.2, 0.25) is 17.7 Å². The molecular formula is C31H37N3O5. The third kappa shape index (κ3) is 4.82. The summed E-state index contributed by atoms with van der Waals surface area (Å²) in [5.41, 5.74) is -0.288. The topological polar surface area (TPSA) is 97.0 Å². The second kappa shape index (κ2) is 10.5. The molecule has 0 saturated carbocycles. The van der Waals surface area contributed by atoms with Gasteiger partial charge in [-0.2, -0.15) is 0 Å². The quantitative estimate of drug-likeness (QED) is 0.459. The van der Waals surface area contributed by atoms with Crippen LogP contribution in [0.5, 0.6) is 5.75 Å². The first-order chi connectivity index (χ1) is 18.7. The highest BCUT2D eigenvalue weighted by Gasteiger charge is 2.76. The van der Waals surface area contributed by atoms with Crippen molar-refractivity contribution in [2.24, 2.45) is 17.8 Å². The van der Waals surface area contributed by atoms with E-state index in [0.717, 1.165) is 23.3 Å². The number of methoxy groups -OCH3 is 1. The normalized spacial score (nSPS) is 28.6. The highest BCUT2D eigenvalue weighted by atomic mass is 16.5. The number of nitrogens with one attached hydrogen (secondary N) is 2. The van der Waals surface area contributed by atoms with Crippen LogP contribution < -0.4 is 15.4 Å². The minimum absolute atomic E-state index is 0.201. The SMILES string of the molecule is COc1ccc(CNC(=O)[C@@H]2[C@@H]3C(=O)N(CCC(C)C)[C@H](C(=O)NCc4ccccc4)[C@@]34C=C[C@@]2(C)O4)cc1. The average Bonchev–Trinajstić information content (AvgIpc) is 3.50. The van der Waals surface area contributed by atoms with Gasteiger partial charge < -0.3 is 25.0 Å². The molecule has 1 spiro atoms. The lowest BCUT2D eigenvalue weighted by Crippen LogP contribution is -2.54. The van der Waals surface area contributed by atoms with E-state index in [2.05, 4.69) is 24.5 Å². The number of ether oxygens (including phenoxy) is 2. The Hall–Kier alpha value is -3.65. The predicted molar refractivity (Wildman–Crippen MR) is 146 cm³/mol. The fourth-order valence-electron chi connectivity index (χ4n) is 6.19. The number of likely N-dealkylation sites (tertiary alicyclic amines) is 1. The fraction of sp³-hybridized carbons (Fsp3) is 0.452. The van der Waals surface area contributed by atoms with E-state index < -0.39 is 29.1 Å². The highest BCUT2D eigenvalue weighted by Crippen LogP contribution is 2.59. The van der Waals surface area contributed by atoms with Crippen molar-refractivity contribution in [2.75, 3.05) is 13.7 Å². The molecular weight excluding hydrogens is 494 g/mol. The van der Waals surface area contributed by atoms with Gasteiger partial charge in [0.05, 0.1) is 24.5 Å². The smallest absolute Gasteiger partial charge is 0.246 e. The summed E-state index contributed by atoms with van der Waals surface area (Å²) in [7, 11) is 1.61. The van der Waals surface area contributed by atoms with Crippen LogP contribution in [0.3, 0.4) is 0 Å². The molecule has 3 aliphatic heterocycles. The first-order valence-corrected chi connectivity index (χ1v) is 13.6. The van der Waals surface area contributed by atoms with Gasteiger partial charge in [0.1, 0.15) is 17.4 Å². The first-order valence-electron chi connectivity index (χ1n) is 13.6. The Morgan fingerprint density at radius 3 is 2.26 bits per heavy atom. The first kappa shape index (κ1) is 26.9. The summed E-state index contributed by atoms with van der Waals surface area (Å²) in [5, 5.41) is 6.03. The maximum Gasteiger partial charge on any atom is 0.246 e. The van der Waals surface area contributed by atoms with Crippen LogP contribution in [0.1, 0.15) is 38.3 Å². The monoisotopic (exact) mass is 531 g/mol. The van der Waals surface area contributed by atoms with Crippen LogP contribution in [0.25, 0.3) is 0 Å². The second-order valence-electron chi connectivity index (χ2n) is 11.3. The van der Waals surface area contributed by atoms with Gasteiger partial charge in [-0.1, -0.05) is 68.5 Å². The Labute approximate surface area is 229 Å². The molecule has 2 aromatic rings. The molecule has 2 aromatic carbocycles. The zero-order chi connectivity index (χ0) is 27.8. The number of amides is 3. The molecule has 8 heteroatoms. The van der Waals surface area contributed by atoms with Crippen LogP contribution in [0.15, 0.2) is 66.7 Å². The number of hydrogen-bond donors (Lipinski definition) is 2. The fourth-order valence-corrected chi connectivity index (χ4v) is 6.19. The van der Waals surface area contributed by atoms with Crippen molar-refractivity contribution in [1.82, 2.24) is 15.5 Å². The van der Waals surface area contributed by atoms with Gasteiger partial charge in [-0.3, -0.25) is 14.4 Å². The van der Waals surface area contributed by atoms with Crippen molar-refractivity contribution in [3.8, 4) is 5.75 Å². The van der Waals surface area contributed by atoms with E-state index in [9.17, 15) is 14.4 Å². The largest absolute Gasteiger partial charge is 0.497 e. The van der Waals surface area contributed by atoms with Crippen molar-refractivity contribution in [1.29, 1.82) is 0 Å². The summed E-state index contributed by atoms with van der Waals surface area (Å²) in [5.74, 6) is -1.17. The van der Waals surface area contributed by atoms with E-state index >= 15 is 0 Å². The lowest BCUT2D eigenvalue weighted by Gasteiger charge is -2.33. The lowest BCUT2D eigenvalue weighted by molar-refractivity contribution is -0.145. The van der Waals surface area contributed by atoms with Gasteiger partial charge in [0.25, 0.3) is 0 Å². The number of nitrogens with zero attached hydrogens (tertiary/aromatic N) is 1. The molecule has 3 aliphatic rings. The van der Waals surface area contributed by atoms with Crippen LogP contribution in [-0.4, -0.2) is 53.5 Å². The maximum absolute atomic E-state index is 14.0. The number of fused-ring (bicyclic) bond motifs is 1. The summed E-state index contributed by atoms with van der Waals surface area (Å²) in [6.07, 6.45) is 4.45. The molecule has 5 atom stereocenters. The summed E-state index contributed by atoms with van der Waals surface area (Å²) in [6, 6.07) is 16.3. The molecule has 206 valence electrons. The third-order valence-electron chi connectivity index (χ3n) is 8.21. The van der Waals surface area contributed by atoms with Gasteiger partial charge in [0.15, 0.2) is 0 Å². The Morgan fingerprint density at radius 2 is 1.62 bits per heavy atom. The molecule has 0 aromatic heterocycles. The second-order valence-corrected chi connectivity index (χ2v) is 11.3. The Bertz CT molecular complexity index is 1260. The Morgan fingerprint density at radius 1 is 0.974 bits per heavy atom. The predicted octanol–water partition coefficient (Wildman–Crippen LogP) is 3.21. The van der Waals surface area contributed by atoms with Crippen LogP contribution in [0, 0.1) is 17.8 Å². The summed E-state index contributed by atoms with van der Waals surface area (Å²) >= 11 is 0. The molecule has 0 radical (unpaired) electrons. The number of carbonyl (C=O) groups excluding carboxylic acids is 3. The molecule has 2 fully saturated rings. The Balaban J connectivity index is 1.39. The molecule has 2 saturated heterocycles. The van der Waals surface area contributed by atoms with Gasteiger partial charge >= 0.3 is 0 Å². The van der Waals surface area contributed by atoms with E-state index in [1.807, 2.05) is 73.7 Å². The van der Waals surface area contributed by atoms with Crippen LogP contribution in [0.4, 0.5) is 0 Å². The average molecular weight is 532 g/mol. The van der Waals surface area contributed by atoms with E-state index in [1.165, 1.54) is 0 Å². The molecule has 3 amide bonds. The van der Waals surface area contributed by atoms with Crippen LogP contribution >= 0.6 is 0 Å². The molecule has 0 unspecified atom stereocenters. The maximum atomic E-state index is 14.0. The van der Waals surface area contributed by atoms with Gasteiger partial charge in [0, 0.05) is 19.6 Å². The van der Waals surface area contributed by atoms with E-state index in [4.69, 9.17) is 9.47 Å². The number of hydrogen-bond acceptors (Lipinski definition) is 5. The van der Waals surface area contributed by atoms with Gasteiger partial charge in [-0.25, -0.2) is 0 Å². The molecule has 8 nitrogen and oxygen atoms in total. The van der Waals surface area contributed by atoms with Crippen molar-refractivity contribution in [2.45, 2.75) is 57.5 Å². The number of benzene rings is 2. The van der Waals surface area contributed by atoms with Gasteiger partial charge in [-0.15, -0.1) is 0 Å². The summed E-state index contributed by atoms with van der Waals surface area (Å²) in [4.78, 5) is 43.1. The molecule has 39 heavy (non-hydrogen) atoms. The van der Waals surface area contributed by atoms with E-state index in [1.54, 1.807) is 12.0 Å². The molecule has 2 N–H and O–H groups in total. The molecule has 0 aliphatic carbocycles. The van der Waals surface area contributed by atoms with Crippen molar-refractivity contribution >= 4 is 17.7 Å². The Kier molecular flexibility index (Phi) is 7.25. The molecule has 3 heterocycles. The molecule has 2 bridgehead atoms. The minimum atomic E-state index is -1.19. The summed E-state index contributed by atoms with van der Waals surface area (Å²) in [6.45, 7) is 7.08. The van der Waals surface area contributed by atoms with Crippen LogP contribution in [0.2, 0.25) is 0 Å². The lowest BCUT2D eigenvalue weighted by atomic mass is 9.70. The van der Waals surface area contributed by atoms with Crippen LogP contribution in [-0.2, 0) is 32.2 Å². The zero-order valence-electron chi connectivity index (χ0n) is 23.0. The highest BCUT2D eigenvalue weighted by molar-refractivity contribution is 6.00. The van der Waals surface area contributed by atoms with E-state index in [0.29, 0.717) is 25.6 Å². The summed E-state index contributed by atoms with van der Waals surface area (Å²) < 4.78 is 11.8. The number of carbonyl (C=O) groups is 3. The van der Waals surface area contributed by atoms with E-state index in [-0.39, 0.29) is 17.7 Å². The van der Waals surface area contributed by atoms with Crippen molar-refractivity contribution < 1.29 is 23.9 Å². The van der Waals surface area contributed by atoms with Crippen molar-refractivity contribution in [3.05, 3.63) is 77.9 Å². The molecule has 5 rings (SSSR count). The minimum Gasteiger partial charge on any atom is -0.497 e. The van der Waals surface area contributed by atoms with Crippen molar-refractivity contribution in [3.63, 3.8) is 0 Å². The van der Waals surface area contributed by atoms with Gasteiger partial charge in [-0.05, 0) is 42.5 Å². The zero-order valence-corrected chi connectivity index (χ0v) is 23.0.